The van der Waals surface area contributed by atoms with Gasteiger partial charge in [-0.25, -0.2) is 5.01 Å². The van der Waals surface area contributed by atoms with E-state index in [1.165, 1.54) is 18.6 Å². The number of hydrogen-bond acceptors (Lipinski definition) is 2. The summed E-state index contributed by atoms with van der Waals surface area (Å²) in [6.45, 7) is 0. The maximum atomic E-state index is 5.91. The van der Waals surface area contributed by atoms with Crippen LogP contribution in [0.1, 0.15) is 30.9 Å². The van der Waals surface area contributed by atoms with Crippen molar-refractivity contribution < 1.29 is 0 Å². The van der Waals surface area contributed by atoms with Crippen molar-refractivity contribution in [1.29, 1.82) is 0 Å². The van der Waals surface area contributed by atoms with Crippen LogP contribution in [0.2, 0.25) is 5.02 Å². The zero-order chi connectivity index (χ0) is 12.7. The molecule has 0 radical (unpaired) electrons. The molecule has 1 atom stereocenters. The number of halogens is 1. The standard InChI is InChI=1S/C13H14ClN3S/c14-10-5-3-9(4-6-10)12-7-11(8-1-2-8)16-17(12)13(15)18/h3-6,8,12H,1-2,7H2,(H2,15,18). The molecule has 3 nitrogen and oxygen atoms in total. The molecule has 2 N–H and O–H groups in total. The Kier molecular flexibility index (Phi) is 2.99. The van der Waals surface area contributed by atoms with Gasteiger partial charge in [0.1, 0.15) is 0 Å². The summed E-state index contributed by atoms with van der Waals surface area (Å²) in [5.74, 6) is 0.652. The van der Waals surface area contributed by atoms with Gasteiger partial charge in [0, 0.05) is 17.2 Å². The van der Waals surface area contributed by atoms with Crippen molar-refractivity contribution >= 4 is 34.6 Å². The lowest BCUT2D eigenvalue weighted by Gasteiger charge is -2.21. The van der Waals surface area contributed by atoms with Gasteiger partial charge in [0.25, 0.3) is 0 Å². The van der Waals surface area contributed by atoms with Crippen LogP contribution in [-0.4, -0.2) is 15.8 Å². The van der Waals surface area contributed by atoms with E-state index in [4.69, 9.17) is 29.6 Å². The van der Waals surface area contributed by atoms with Gasteiger partial charge in [-0.15, -0.1) is 0 Å². The van der Waals surface area contributed by atoms with Crippen LogP contribution in [0.5, 0.6) is 0 Å². The van der Waals surface area contributed by atoms with E-state index in [1.54, 1.807) is 5.01 Å². The summed E-state index contributed by atoms with van der Waals surface area (Å²) in [6, 6.07) is 7.95. The molecule has 1 aliphatic heterocycles. The highest BCUT2D eigenvalue weighted by atomic mass is 35.5. The Balaban J connectivity index is 1.87. The second kappa shape index (κ2) is 4.52. The topological polar surface area (TPSA) is 41.6 Å². The first-order valence-corrected chi connectivity index (χ1v) is 6.85. The van der Waals surface area contributed by atoms with Gasteiger partial charge in [0.05, 0.1) is 6.04 Å². The Morgan fingerprint density at radius 2 is 2.00 bits per heavy atom. The molecule has 0 aromatic heterocycles. The van der Waals surface area contributed by atoms with E-state index < -0.39 is 0 Å². The normalized spacial score (nSPS) is 23.1. The third-order valence-electron chi connectivity index (χ3n) is 3.46. The molecule has 1 saturated carbocycles. The van der Waals surface area contributed by atoms with Crippen molar-refractivity contribution in [3.8, 4) is 0 Å². The Morgan fingerprint density at radius 3 is 2.56 bits per heavy atom. The quantitative estimate of drug-likeness (QED) is 0.846. The van der Waals surface area contributed by atoms with E-state index >= 15 is 0 Å². The average molecular weight is 280 g/mol. The lowest BCUT2D eigenvalue weighted by Crippen LogP contribution is -2.31. The van der Waals surface area contributed by atoms with Gasteiger partial charge in [-0.2, -0.15) is 5.10 Å². The molecule has 0 saturated heterocycles. The van der Waals surface area contributed by atoms with Crippen LogP contribution in [0.15, 0.2) is 29.4 Å². The highest BCUT2D eigenvalue weighted by Gasteiger charge is 2.37. The van der Waals surface area contributed by atoms with Crippen molar-refractivity contribution in [3.05, 3.63) is 34.9 Å². The van der Waals surface area contributed by atoms with Crippen LogP contribution in [0.25, 0.3) is 0 Å². The second-order valence-electron chi connectivity index (χ2n) is 4.82. The molecule has 1 heterocycles. The predicted octanol–water partition coefficient (Wildman–Crippen LogP) is 3.10. The number of nitrogens with zero attached hydrogens (tertiary/aromatic N) is 2. The molecular formula is C13H14ClN3S. The third-order valence-corrected chi connectivity index (χ3v) is 3.90. The molecule has 0 spiro atoms. The summed E-state index contributed by atoms with van der Waals surface area (Å²) in [6.07, 6.45) is 3.42. The third kappa shape index (κ3) is 2.22. The van der Waals surface area contributed by atoms with E-state index in [0.717, 1.165) is 17.0 Å². The van der Waals surface area contributed by atoms with Gasteiger partial charge in [0.15, 0.2) is 5.11 Å². The van der Waals surface area contributed by atoms with Crippen LogP contribution in [-0.2, 0) is 0 Å². The molecule has 0 bridgehead atoms. The smallest absolute Gasteiger partial charge is 0.187 e. The molecular weight excluding hydrogens is 266 g/mol. The second-order valence-corrected chi connectivity index (χ2v) is 5.67. The highest BCUT2D eigenvalue weighted by Crippen LogP contribution is 2.40. The Labute approximate surface area is 117 Å². The predicted molar refractivity (Wildman–Crippen MR) is 77.6 cm³/mol. The van der Waals surface area contributed by atoms with E-state index in [2.05, 4.69) is 5.10 Å². The van der Waals surface area contributed by atoms with Crippen LogP contribution in [0.3, 0.4) is 0 Å². The minimum absolute atomic E-state index is 0.135. The molecule has 94 valence electrons. The van der Waals surface area contributed by atoms with Crippen LogP contribution < -0.4 is 5.73 Å². The molecule has 1 unspecified atom stereocenters. The lowest BCUT2D eigenvalue weighted by molar-refractivity contribution is 0.373. The van der Waals surface area contributed by atoms with E-state index in [0.29, 0.717) is 11.0 Å². The highest BCUT2D eigenvalue weighted by molar-refractivity contribution is 7.80. The molecule has 0 amide bonds. The van der Waals surface area contributed by atoms with Crippen molar-refractivity contribution in [2.75, 3.05) is 0 Å². The number of hydrazone groups is 1. The van der Waals surface area contributed by atoms with E-state index in [-0.39, 0.29) is 6.04 Å². The fourth-order valence-corrected chi connectivity index (χ4v) is 2.64. The zero-order valence-electron chi connectivity index (χ0n) is 9.84. The summed E-state index contributed by atoms with van der Waals surface area (Å²) < 4.78 is 0. The van der Waals surface area contributed by atoms with Crippen LogP contribution in [0.4, 0.5) is 0 Å². The van der Waals surface area contributed by atoms with Gasteiger partial charge in [-0.3, -0.25) is 0 Å². The maximum Gasteiger partial charge on any atom is 0.187 e. The van der Waals surface area contributed by atoms with Crippen molar-refractivity contribution in [2.24, 2.45) is 16.8 Å². The number of thiocarbonyl (C=S) groups is 1. The van der Waals surface area contributed by atoms with Crippen molar-refractivity contribution in [3.63, 3.8) is 0 Å². The first-order valence-electron chi connectivity index (χ1n) is 6.06. The van der Waals surface area contributed by atoms with E-state index in [1.807, 2.05) is 24.3 Å². The van der Waals surface area contributed by atoms with Gasteiger partial charge in [0.2, 0.25) is 0 Å². The van der Waals surface area contributed by atoms with Gasteiger partial charge in [-0.1, -0.05) is 23.7 Å². The fourth-order valence-electron chi connectivity index (χ4n) is 2.35. The Bertz CT molecular complexity index is 507. The molecule has 18 heavy (non-hydrogen) atoms. The summed E-state index contributed by atoms with van der Waals surface area (Å²) in [4.78, 5) is 0. The summed E-state index contributed by atoms with van der Waals surface area (Å²) in [7, 11) is 0. The number of hydrogen-bond donors (Lipinski definition) is 1. The Morgan fingerprint density at radius 1 is 1.33 bits per heavy atom. The zero-order valence-corrected chi connectivity index (χ0v) is 11.4. The van der Waals surface area contributed by atoms with E-state index in [9.17, 15) is 0 Å². The molecule has 3 rings (SSSR count). The van der Waals surface area contributed by atoms with Gasteiger partial charge in [-0.05, 0) is 48.7 Å². The molecule has 1 fully saturated rings. The summed E-state index contributed by atoms with van der Waals surface area (Å²) >= 11 is 11.0. The van der Waals surface area contributed by atoms with Crippen molar-refractivity contribution in [1.82, 2.24) is 5.01 Å². The first kappa shape index (κ1) is 11.9. The van der Waals surface area contributed by atoms with Crippen molar-refractivity contribution in [2.45, 2.75) is 25.3 Å². The number of nitrogens with two attached hydrogens (primary N) is 1. The number of rotatable bonds is 2. The largest absolute Gasteiger partial charge is 0.375 e. The maximum absolute atomic E-state index is 5.91. The van der Waals surface area contributed by atoms with Gasteiger partial charge < -0.3 is 5.73 Å². The fraction of sp³-hybridized carbons (Fsp3) is 0.385. The summed E-state index contributed by atoms with van der Waals surface area (Å²) in [5.41, 5.74) is 8.16. The molecule has 1 aromatic rings. The molecule has 2 aliphatic rings. The molecule has 1 aliphatic carbocycles. The van der Waals surface area contributed by atoms with Crippen LogP contribution >= 0.6 is 23.8 Å². The minimum atomic E-state index is 0.135. The summed E-state index contributed by atoms with van der Waals surface area (Å²) in [5, 5.41) is 7.43. The molecule has 5 heteroatoms. The average Bonchev–Trinajstić information content (AvgIpc) is 3.09. The lowest BCUT2D eigenvalue weighted by atomic mass is 10.0. The molecule has 1 aromatic carbocycles. The Hall–Kier alpha value is -1.13. The monoisotopic (exact) mass is 279 g/mol. The van der Waals surface area contributed by atoms with Gasteiger partial charge >= 0.3 is 0 Å². The van der Waals surface area contributed by atoms with Crippen LogP contribution in [0, 0.1) is 5.92 Å². The first-order chi connectivity index (χ1) is 8.65. The SMILES string of the molecule is NC(=S)N1N=C(C2CC2)CC1c1ccc(Cl)cc1. The minimum Gasteiger partial charge on any atom is -0.375 e. The number of benzene rings is 1.